The van der Waals surface area contributed by atoms with Crippen LogP contribution in [0, 0.1) is 6.92 Å². The molecule has 82 valence electrons. The maximum absolute atomic E-state index is 11.5. The van der Waals surface area contributed by atoms with E-state index in [0.717, 1.165) is 0 Å². The number of H-pyrrole nitrogens is 1. The van der Waals surface area contributed by atoms with Crippen LogP contribution in [0.4, 0.5) is 0 Å². The fraction of sp³-hybridized carbons (Fsp3) is 0.400. The second-order valence-corrected chi connectivity index (χ2v) is 2.91. The lowest BCUT2D eigenvalue weighted by molar-refractivity contribution is 0.0516. The molecule has 0 aliphatic rings. The summed E-state index contributed by atoms with van der Waals surface area (Å²) in [5.41, 5.74) is 1.12. The van der Waals surface area contributed by atoms with Crippen LogP contribution < -0.4 is 4.74 Å². The number of ether oxygens (including phenoxy) is 2. The van der Waals surface area contributed by atoms with Gasteiger partial charge in [0.2, 0.25) is 0 Å². The summed E-state index contributed by atoms with van der Waals surface area (Å²) in [5.74, 6) is -0.166. The highest BCUT2D eigenvalue weighted by Crippen LogP contribution is 2.26. The summed E-state index contributed by atoms with van der Waals surface area (Å²) in [6, 6.07) is 0. The molecule has 0 aromatic carbocycles. The van der Waals surface area contributed by atoms with E-state index in [1.165, 1.54) is 7.11 Å². The summed E-state index contributed by atoms with van der Waals surface area (Å²) in [6.07, 6.45) is 0.639. The first-order chi connectivity index (χ1) is 7.15. The Bertz CT molecular complexity index is 381. The van der Waals surface area contributed by atoms with Crippen molar-refractivity contribution in [2.75, 3.05) is 13.7 Å². The van der Waals surface area contributed by atoms with Crippen LogP contribution in [0.1, 0.15) is 33.5 Å². The zero-order chi connectivity index (χ0) is 11.4. The Balaban J connectivity index is 3.16. The van der Waals surface area contributed by atoms with E-state index in [1.807, 2.05) is 0 Å². The Kier molecular flexibility index (Phi) is 3.49. The van der Waals surface area contributed by atoms with Gasteiger partial charge in [-0.2, -0.15) is 0 Å². The molecule has 0 aliphatic carbocycles. The fourth-order valence-corrected chi connectivity index (χ4v) is 1.31. The Morgan fingerprint density at radius 2 is 2.20 bits per heavy atom. The first-order valence-corrected chi connectivity index (χ1v) is 4.54. The molecule has 1 N–H and O–H groups in total. The van der Waals surface area contributed by atoms with E-state index in [0.29, 0.717) is 23.3 Å². The predicted molar refractivity (Wildman–Crippen MR) is 53.4 cm³/mol. The van der Waals surface area contributed by atoms with Crippen LogP contribution in [0.3, 0.4) is 0 Å². The topological polar surface area (TPSA) is 68.4 Å². The van der Waals surface area contributed by atoms with E-state index in [1.54, 1.807) is 13.8 Å². The van der Waals surface area contributed by atoms with E-state index in [2.05, 4.69) is 4.98 Å². The van der Waals surface area contributed by atoms with Crippen molar-refractivity contribution in [3.63, 3.8) is 0 Å². The highest BCUT2D eigenvalue weighted by Gasteiger charge is 2.21. The van der Waals surface area contributed by atoms with Crippen molar-refractivity contribution in [1.82, 2.24) is 4.98 Å². The molecule has 1 aromatic heterocycles. The summed E-state index contributed by atoms with van der Waals surface area (Å²) in [6.45, 7) is 3.68. The number of hydrogen-bond donors (Lipinski definition) is 1. The van der Waals surface area contributed by atoms with Gasteiger partial charge in [-0.15, -0.1) is 0 Å². The van der Waals surface area contributed by atoms with Crippen LogP contribution in [0.25, 0.3) is 0 Å². The van der Waals surface area contributed by atoms with Crippen LogP contribution in [-0.4, -0.2) is 31.0 Å². The van der Waals surface area contributed by atoms with E-state index < -0.39 is 5.97 Å². The zero-order valence-electron chi connectivity index (χ0n) is 8.92. The average Bonchev–Trinajstić information content (AvgIpc) is 2.55. The molecule has 0 fully saturated rings. The van der Waals surface area contributed by atoms with Crippen molar-refractivity contribution in [1.29, 1.82) is 0 Å². The molecule has 0 radical (unpaired) electrons. The zero-order valence-corrected chi connectivity index (χ0v) is 8.92. The summed E-state index contributed by atoms with van der Waals surface area (Å²) in [7, 11) is 1.44. The molecule has 5 nitrogen and oxygen atoms in total. The number of aldehydes is 1. The second kappa shape index (κ2) is 4.63. The van der Waals surface area contributed by atoms with E-state index in [9.17, 15) is 9.59 Å². The van der Waals surface area contributed by atoms with Gasteiger partial charge in [0.05, 0.1) is 19.4 Å². The number of methoxy groups -OCH3 is 1. The molecule has 0 aliphatic heterocycles. The Labute approximate surface area is 87.4 Å². The first kappa shape index (κ1) is 11.3. The quantitative estimate of drug-likeness (QED) is 0.602. The molecular weight excluding hydrogens is 198 g/mol. The maximum Gasteiger partial charge on any atom is 0.358 e. The van der Waals surface area contributed by atoms with Gasteiger partial charge in [0.15, 0.2) is 17.7 Å². The monoisotopic (exact) mass is 211 g/mol. The number of aromatic amines is 1. The number of rotatable bonds is 4. The summed E-state index contributed by atoms with van der Waals surface area (Å²) in [5, 5.41) is 0. The highest BCUT2D eigenvalue weighted by atomic mass is 16.5. The first-order valence-electron chi connectivity index (χ1n) is 4.54. The Morgan fingerprint density at radius 1 is 1.53 bits per heavy atom. The van der Waals surface area contributed by atoms with Gasteiger partial charge in [-0.1, -0.05) is 0 Å². The van der Waals surface area contributed by atoms with Gasteiger partial charge in [-0.05, 0) is 13.8 Å². The molecule has 15 heavy (non-hydrogen) atoms. The van der Waals surface area contributed by atoms with Crippen LogP contribution in [-0.2, 0) is 4.74 Å². The summed E-state index contributed by atoms with van der Waals surface area (Å²) < 4.78 is 9.85. The van der Waals surface area contributed by atoms with Gasteiger partial charge in [0.25, 0.3) is 0 Å². The SMILES string of the molecule is CCOC(=O)c1[nH]c(C=O)c(C)c1OC. The average molecular weight is 211 g/mol. The van der Waals surface area contributed by atoms with E-state index in [-0.39, 0.29) is 12.3 Å². The summed E-state index contributed by atoms with van der Waals surface area (Å²) >= 11 is 0. The molecule has 1 aromatic rings. The van der Waals surface area contributed by atoms with Crippen molar-refractivity contribution < 1.29 is 19.1 Å². The number of esters is 1. The fourth-order valence-electron chi connectivity index (χ4n) is 1.31. The minimum absolute atomic E-state index is 0.180. The van der Waals surface area contributed by atoms with Crippen LogP contribution in [0.15, 0.2) is 0 Å². The van der Waals surface area contributed by atoms with E-state index >= 15 is 0 Å². The lowest BCUT2D eigenvalue weighted by Gasteiger charge is -2.02. The number of nitrogens with one attached hydrogen (secondary N) is 1. The van der Waals surface area contributed by atoms with Gasteiger partial charge < -0.3 is 14.5 Å². The third-order valence-corrected chi connectivity index (χ3v) is 2.03. The molecule has 0 spiro atoms. The molecule has 1 rings (SSSR count). The molecule has 5 heteroatoms. The number of carbonyl (C=O) groups is 2. The van der Waals surface area contributed by atoms with Gasteiger partial charge in [-0.25, -0.2) is 4.79 Å². The van der Waals surface area contributed by atoms with Gasteiger partial charge >= 0.3 is 5.97 Å². The molecule has 0 saturated carbocycles. The normalized spacial score (nSPS) is 9.80. The standard InChI is InChI=1S/C10H13NO4/c1-4-15-10(13)8-9(14-3)6(2)7(5-12)11-8/h5,11H,4H2,1-3H3. The molecular formula is C10H13NO4. The minimum atomic E-state index is -0.523. The molecule has 0 amide bonds. The Morgan fingerprint density at radius 3 is 2.67 bits per heavy atom. The van der Waals surface area contributed by atoms with E-state index in [4.69, 9.17) is 9.47 Å². The minimum Gasteiger partial charge on any atom is -0.494 e. The number of hydrogen-bond acceptors (Lipinski definition) is 4. The van der Waals surface area contributed by atoms with Gasteiger partial charge in [0, 0.05) is 5.56 Å². The van der Waals surface area contributed by atoms with Crippen molar-refractivity contribution >= 4 is 12.3 Å². The van der Waals surface area contributed by atoms with Crippen LogP contribution >= 0.6 is 0 Å². The second-order valence-electron chi connectivity index (χ2n) is 2.91. The molecule has 0 atom stereocenters. The van der Waals surface area contributed by atoms with Crippen molar-refractivity contribution in [3.8, 4) is 5.75 Å². The van der Waals surface area contributed by atoms with Crippen LogP contribution in [0.5, 0.6) is 5.75 Å². The molecule has 0 bridgehead atoms. The molecule has 1 heterocycles. The predicted octanol–water partition coefficient (Wildman–Crippen LogP) is 1.32. The lowest BCUT2D eigenvalue weighted by Crippen LogP contribution is -2.06. The van der Waals surface area contributed by atoms with Crippen molar-refractivity contribution in [2.45, 2.75) is 13.8 Å². The molecule has 0 saturated heterocycles. The van der Waals surface area contributed by atoms with Gasteiger partial charge in [0.1, 0.15) is 0 Å². The lowest BCUT2D eigenvalue weighted by atomic mass is 10.2. The third kappa shape index (κ3) is 2.01. The molecule has 0 unspecified atom stereocenters. The van der Waals surface area contributed by atoms with Crippen LogP contribution in [0.2, 0.25) is 0 Å². The number of aromatic nitrogens is 1. The largest absolute Gasteiger partial charge is 0.494 e. The third-order valence-electron chi connectivity index (χ3n) is 2.03. The smallest absolute Gasteiger partial charge is 0.358 e. The Hall–Kier alpha value is -1.78. The maximum atomic E-state index is 11.5. The van der Waals surface area contributed by atoms with Crippen molar-refractivity contribution in [3.05, 3.63) is 17.0 Å². The van der Waals surface area contributed by atoms with Crippen molar-refractivity contribution in [2.24, 2.45) is 0 Å². The highest BCUT2D eigenvalue weighted by molar-refractivity contribution is 5.93. The van der Waals surface area contributed by atoms with Gasteiger partial charge in [-0.3, -0.25) is 4.79 Å². The number of carbonyl (C=O) groups excluding carboxylic acids is 2. The summed E-state index contributed by atoms with van der Waals surface area (Å²) in [4.78, 5) is 24.8.